The van der Waals surface area contributed by atoms with Gasteiger partial charge in [-0.25, -0.2) is 0 Å². The fourth-order valence-electron chi connectivity index (χ4n) is 1.60. The Labute approximate surface area is 113 Å². The number of thioether (sulfide) groups is 1. The van der Waals surface area contributed by atoms with Gasteiger partial charge in [0.2, 0.25) is 0 Å². The molecule has 1 rings (SSSR count). The summed E-state index contributed by atoms with van der Waals surface area (Å²) in [4.78, 5) is 12.0. The van der Waals surface area contributed by atoms with Crippen LogP contribution in [0.2, 0.25) is 0 Å². The van der Waals surface area contributed by atoms with Crippen LogP contribution in [-0.2, 0) is 0 Å². The lowest BCUT2D eigenvalue weighted by molar-refractivity contribution is 0.0945. The van der Waals surface area contributed by atoms with Gasteiger partial charge in [0.15, 0.2) is 0 Å². The number of aromatic nitrogens is 1. The molecule has 1 aromatic rings. The minimum Gasteiger partial charge on any atom is -0.397 e. The Balaban J connectivity index is 2.53. The summed E-state index contributed by atoms with van der Waals surface area (Å²) in [6.45, 7) is 8.35. The van der Waals surface area contributed by atoms with Gasteiger partial charge in [-0.05, 0) is 19.9 Å². The summed E-state index contributed by atoms with van der Waals surface area (Å²) in [6.07, 6.45) is 3.66. The molecule has 100 valence electrons. The summed E-state index contributed by atoms with van der Waals surface area (Å²) in [5.41, 5.74) is 6.98. The van der Waals surface area contributed by atoms with Gasteiger partial charge in [0.1, 0.15) is 5.69 Å². The van der Waals surface area contributed by atoms with E-state index in [4.69, 9.17) is 5.73 Å². The summed E-state index contributed by atoms with van der Waals surface area (Å²) in [5, 5.41) is 2.90. The van der Waals surface area contributed by atoms with Gasteiger partial charge in [-0.2, -0.15) is 11.8 Å². The minimum absolute atomic E-state index is 0.0698. The van der Waals surface area contributed by atoms with Gasteiger partial charge < -0.3 is 15.6 Å². The maximum Gasteiger partial charge on any atom is 0.268 e. The molecule has 0 radical (unpaired) electrons. The predicted molar refractivity (Wildman–Crippen MR) is 79.1 cm³/mol. The van der Waals surface area contributed by atoms with Crippen molar-refractivity contribution < 1.29 is 4.79 Å². The Bertz CT molecular complexity index is 412. The van der Waals surface area contributed by atoms with Crippen molar-refractivity contribution in [3.05, 3.63) is 30.6 Å². The third kappa shape index (κ3) is 4.14. The normalized spacial score (nSPS) is 10.6. The molecule has 0 atom stereocenters. The quantitative estimate of drug-likeness (QED) is 0.588. The zero-order chi connectivity index (χ0) is 13.5. The molecule has 0 unspecified atom stereocenters. The highest BCUT2D eigenvalue weighted by molar-refractivity contribution is 7.99. The molecule has 1 amide bonds. The zero-order valence-corrected chi connectivity index (χ0v) is 11.8. The molecule has 5 heteroatoms. The highest BCUT2D eigenvalue weighted by Crippen LogP contribution is 2.16. The molecule has 4 nitrogen and oxygen atoms in total. The van der Waals surface area contributed by atoms with Crippen molar-refractivity contribution in [3.8, 4) is 0 Å². The number of anilines is 1. The Morgan fingerprint density at radius 3 is 3.00 bits per heavy atom. The van der Waals surface area contributed by atoms with Crippen molar-refractivity contribution in [1.82, 2.24) is 9.88 Å². The zero-order valence-electron chi connectivity index (χ0n) is 11.0. The van der Waals surface area contributed by atoms with Crippen molar-refractivity contribution in [2.24, 2.45) is 0 Å². The van der Waals surface area contributed by atoms with Crippen LogP contribution in [0.4, 0.5) is 5.69 Å². The second-order valence-electron chi connectivity index (χ2n) is 4.28. The number of hydrogen-bond donors (Lipinski definition) is 2. The van der Waals surface area contributed by atoms with Crippen molar-refractivity contribution in [3.63, 3.8) is 0 Å². The number of nitrogens with one attached hydrogen (secondary N) is 1. The maximum atomic E-state index is 12.0. The first kappa shape index (κ1) is 14.7. The van der Waals surface area contributed by atoms with Gasteiger partial charge in [-0.1, -0.05) is 6.08 Å². The first-order valence-electron chi connectivity index (χ1n) is 6.00. The molecule has 0 aliphatic heterocycles. The van der Waals surface area contributed by atoms with Gasteiger partial charge in [-0.15, -0.1) is 6.58 Å². The van der Waals surface area contributed by atoms with Crippen LogP contribution in [-0.4, -0.2) is 28.5 Å². The van der Waals surface area contributed by atoms with Crippen molar-refractivity contribution in [2.45, 2.75) is 19.9 Å². The van der Waals surface area contributed by atoms with E-state index in [9.17, 15) is 4.79 Å². The van der Waals surface area contributed by atoms with Crippen LogP contribution >= 0.6 is 11.8 Å². The van der Waals surface area contributed by atoms with Gasteiger partial charge in [-0.3, -0.25) is 4.79 Å². The summed E-state index contributed by atoms with van der Waals surface area (Å²) >= 11 is 1.74. The molecule has 0 fully saturated rings. The highest BCUT2D eigenvalue weighted by Gasteiger charge is 2.13. The fraction of sp³-hybridized carbons (Fsp3) is 0.462. The number of carbonyl (C=O) groups is 1. The summed E-state index contributed by atoms with van der Waals surface area (Å²) in [6, 6.07) is 1.94. The molecule has 0 bridgehead atoms. The van der Waals surface area contributed by atoms with Crippen LogP contribution in [0.1, 0.15) is 30.4 Å². The molecule has 3 N–H and O–H groups in total. The Morgan fingerprint density at radius 1 is 1.67 bits per heavy atom. The molecule has 0 spiro atoms. The SMILES string of the molecule is C=CCSCCNC(=O)c1cc(N)cn1C(C)C. The number of nitrogens with two attached hydrogens (primary N) is 1. The van der Waals surface area contributed by atoms with Gasteiger partial charge in [0, 0.05) is 30.3 Å². The summed E-state index contributed by atoms with van der Waals surface area (Å²) < 4.78 is 1.89. The van der Waals surface area contributed by atoms with Crippen molar-refractivity contribution in [1.29, 1.82) is 0 Å². The standard InChI is InChI=1S/C13H21N3OS/c1-4-6-18-7-5-15-13(17)12-8-11(14)9-16(12)10(2)3/h4,8-10H,1,5-7,14H2,2-3H3,(H,15,17). The van der Waals surface area contributed by atoms with Crippen LogP contribution in [0.25, 0.3) is 0 Å². The third-order valence-corrected chi connectivity index (χ3v) is 3.39. The largest absolute Gasteiger partial charge is 0.397 e. The van der Waals surface area contributed by atoms with Gasteiger partial charge in [0.05, 0.1) is 5.69 Å². The topological polar surface area (TPSA) is 60.1 Å². The fourth-order valence-corrected chi connectivity index (χ4v) is 2.18. The smallest absolute Gasteiger partial charge is 0.268 e. The number of hydrogen-bond acceptors (Lipinski definition) is 3. The predicted octanol–water partition coefficient (Wildman–Crippen LogP) is 2.30. The third-order valence-electron chi connectivity index (χ3n) is 2.43. The Kier molecular flexibility index (Phi) is 5.85. The summed E-state index contributed by atoms with van der Waals surface area (Å²) in [5.74, 6) is 1.72. The van der Waals surface area contributed by atoms with Gasteiger partial charge >= 0.3 is 0 Å². The van der Waals surface area contributed by atoms with Crippen molar-refractivity contribution in [2.75, 3.05) is 23.8 Å². The number of rotatable bonds is 7. The molecule has 0 aliphatic rings. The van der Waals surface area contributed by atoms with Crippen molar-refractivity contribution >= 4 is 23.4 Å². The number of carbonyl (C=O) groups excluding carboxylic acids is 1. The lowest BCUT2D eigenvalue weighted by Crippen LogP contribution is -2.28. The average molecular weight is 267 g/mol. The lowest BCUT2D eigenvalue weighted by atomic mass is 10.3. The second-order valence-corrected chi connectivity index (χ2v) is 5.43. The minimum atomic E-state index is -0.0698. The summed E-state index contributed by atoms with van der Waals surface area (Å²) in [7, 11) is 0. The van der Waals surface area contributed by atoms with E-state index < -0.39 is 0 Å². The van der Waals surface area contributed by atoms with Crippen LogP contribution in [0.15, 0.2) is 24.9 Å². The molecule has 1 aromatic heterocycles. The average Bonchev–Trinajstić information content (AvgIpc) is 2.71. The molecule has 0 aliphatic carbocycles. The maximum absolute atomic E-state index is 12.0. The number of amides is 1. The van der Waals surface area contributed by atoms with Crippen LogP contribution in [0.5, 0.6) is 0 Å². The molecular weight excluding hydrogens is 246 g/mol. The first-order valence-corrected chi connectivity index (χ1v) is 7.16. The van der Waals surface area contributed by atoms with E-state index in [1.807, 2.05) is 24.5 Å². The molecule has 0 aromatic carbocycles. The van der Waals surface area contributed by atoms with E-state index in [1.165, 1.54) is 0 Å². The van der Waals surface area contributed by atoms with E-state index in [0.717, 1.165) is 11.5 Å². The second kappa shape index (κ2) is 7.16. The Morgan fingerprint density at radius 2 is 2.39 bits per heavy atom. The molecule has 18 heavy (non-hydrogen) atoms. The first-order chi connectivity index (χ1) is 8.56. The highest BCUT2D eigenvalue weighted by atomic mass is 32.2. The molecule has 0 saturated heterocycles. The number of nitrogens with zero attached hydrogens (tertiary/aromatic N) is 1. The van der Waals surface area contributed by atoms with Crippen LogP contribution in [0, 0.1) is 0 Å². The molecular formula is C13H21N3OS. The van der Waals surface area contributed by atoms with Crippen LogP contribution < -0.4 is 11.1 Å². The lowest BCUT2D eigenvalue weighted by Gasteiger charge is -2.12. The van der Waals surface area contributed by atoms with E-state index in [-0.39, 0.29) is 11.9 Å². The monoisotopic (exact) mass is 267 g/mol. The molecule has 0 saturated carbocycles. The number of nitrogen functional groups attached to an aromatic ring is 1. The van der Waals surface area contributed by atoms with E-state index in [0.29, 0.717) is 17.9 Å². The van der Waals surface area contributed by atoms with E-state index >= 15 is 0 Å². The Hall–Kier alpha value is -1.36. The van der Waals surface area contributed by atoms with Crippen LogP contribution in [0.3, 0.4) is 0 Å². The van der Waals surface area contributed by atoms with E-state index in [1.54, 1.807) is 24.0 Å². The van der Waals surface area contributed by atoms with Gasteiger partial charge in [0.25, 0.3) is 5.91 Å². The van der Waals surface area contributed by atoms with E-state index in [2.05, 4.69) is 11.9 Å². The molecule has 1 heterocycles.